The van der Waals surface area contributed by atoms with Gasteiger partial charge in [-0.05, 0) is 148 Å². The van der Waals surface area contributed by atoms with Gasteiger partial charge in [0.2, 0.25) is 18.2 Å². The summed E-state index contributed by atoms with van der Waals surface area (Å²) >= 11 is 0. The number of likely N-dealkylation sites (tertiary alicyclic amines) is 1. The van der Waals surface area contributed by atoms with Crippen molar-refractivity contribution < 1.29 is 42.5 Å². The molecule has 1 atom stereocenters. The number of pyridine rings is 1. The van der Waals surface area contributed by atoms with Crippen molar-refractivity contribution in [1.82, 2.24) is 39.8 Å². The van der Waals surface area contributed by atoms with Crippen molar-refractivity contribution in [2.24, 2.45) is 12.5 Å². The molecule has 76 heavy (non-hydrogen) atoms. The molecule has 3 aromatic carbocycles. The number of halogens is 2. The minimum Gasteiger partial charge on any atom is -0.508 e. The summed E-state index contributed by atoms with van der Waals surface area (Å²) in [6, 6.07) is 12.7. The molecule has 6 aliphatic rings. The molecule has 4 saturated heterocycles. The molecular weight excluding hydrogens is 973 g/mol. The minimum atomic E-state index is -0.631. The lowest BCUT2D eigenvalue weighted by atomic mass is 9.56. The fourth-order valence-corrected chi connectivity index (χ4v) is 13.1. The zero-order chi connectivity index (χ0) is 53.3. The maximum Gasteiger partial charge on any atom is 0.319 e. The van der Waals surface area contributed by atoms with E-state index in [9.17, 15) is 23.9 Å². The van der Waals surface area contributed by atoms with Gasteiger partial charge in [-0.25, -0.2) is 13.8 Å². The van der Waals surface area contributed by atoms with E-state index in [4.69, 9.17) is 19.4 Å². The van der Waals surface area contributed by atoms with Crippen LogP contribution in [-0.2, 0) is 43.7 Å². The number of benzene rings is 3. The quantitative estimate of drug-likeness (QED) is 0.0639. The largest absolute Gasteiger partial charge is 0.508 e. The summed E-state index contributed by atoms with van der Waals surface area (Å²) in [7, 11) is 5.17. The maximum absolute atomic E-state index is 16.9. The van der Waals surface area contributed by atoms with Gasteiger partial charge < -0.3 is 29.1 Å². The van der Waals surface area contributed by atoms with Gasteiger partial charge in [-0.3, -0.25) is 29.3 Å². The third-order valence-corrected chi connectivity index (χ3v) is 17.0. The number of rotatable bonds is 13. The second kappa shape index (κ2) is 22.3. The van der Waals surface area contributed by atoms with Crippen LogP contribution in [0.4, 0.5) is 14.6 Å². The standard InChI is InChI=1S/C34H39F2N5O3.C22H26N4O3.C2H6O/c1-3-23-25(35)9-8-21-18-22(42)19-24(27(21)23)30-29(36)31-28-26(37-30)10-16-40(13-7-17-43-4-2)32(28)39-33(38-31)44-20-34-11-5-14-41(34)15-6-12-34;1-25-18-10-14(15-11-22(12-15)6-8-26(13-27)9-7-22)2-3-16(18)20(24-25)17-4-5-19(28)23-21(17)29;1-3-2/h8-9,18-19,42H,3-7,10-17,20H2,1-2H3;2-3,10,13,15,17H,4-9,11-12H2,1H3,(H,23,28,29);1-2H3. The number of piperidine rings is 2. The molecule has 2 N–H and O–H groups in total. The zero-order valence-corrected chi connectivity index (χ0v) is 44.6. The number of carbonyl (C=O) groups excluding carboxylic acids is 3. The van der Waals surface area contributed by atoms with E-state index in [1.54, 1.807) is 26.4 Å². The number of ether oxygens (including phenoxy) is 3. The van der Waals surface area contributed by atoms with Crippen LogP contribution in [-0.4, -0.2) is 137 Å². The van der Waals surface area contributed by atoms with Crippen molar-refractivity contribution in [2.45, 2.75) is 115 Å². The highest BCUT2D eigenvalue weighted by molar-refractivity contribution is 6.04. The van der Waals surface area contributed by atoms with Crippen LogP contribution in [0.2, 0.25) is 0 Å². The van der Waals surface area contributed by atoms with Crippen LogP contribution < -0.4 is 15.0 Å². The lowest BCUT2D eigenvalue weighted by molar-refractivity contribution is -0.134. The first-order chi connectivity index (χ1) is 36.8. The average molecular weight is 1040 g/mol. The third kappa shape index (κ3) is 10.2. The van der Waals surface area contributed by atoms with Crippen molar-refractivity contribution in [3.05, 3.63) is 76.6 Å². The number of nitrogens with one attached hydrogen (secondary N) is 1. The van der Waals surface area contributed by atoms with Gasteiger partial charge in [0.05, 0.1) is 33.7 Å². The van der Waals surface area contributed by atoms with Gasteiger partial charge in [0.15, 0.2) is 5.82 Å². The van der Waals surface area contributed by atoms with Crippen LogP contribution >= 0.6 is 0 Å². The number of fused-ring (bicyclic) bond motifs is 3. The molecule has 0 radical (unpaired) electrons. The van der Waals surface area contributed by atoms with Gasteiger partial charge in [0, 0.05) is 84.5 Å². The number of aryl methyl sites for hydroxylation is 2. The molecule has 1 aliphatic carbocycles. The van der Waals surface area contributed by atoms with Gasteiger partial charge in [0.25, 0.3) is 0 Å². The molecule has 5 fully saturated rings. The molecule has 16 nitrogen and oxygen atoms in total. The molecule has 1 saturated carbocycles. The summed E-state index contributed by atoms with van der Waals surface area (Å²) in [5, 5.41) is 20.5. The number of carbonyl (C=O) groups is 3. The predicted octanol–water partition coefficient (Wildman–Crippen LogP) is 8.66. The smallest absolute Gasteiger partial charge is 0.319 e. The zero-order valence-electron chi connectivity index (χ0n) is 44.6. The molecular formula is C58H71F2N9O7. The van der Waals surface area contributed by atoms with E-state index in [1.807, 2.05) is 30.5 Å². The van der Waals surface area contributed by atoms with Crippen molar-refractivity contribution in [3.63, 3.8) is 0 Å². The summed E-state index contributed by atoms with van der Waals surface area (Å²) in [5.74, 6) is -0.680. The Morgan fingerprint density at radius 3 is 2.38 bits per heavy atom. The first kappa shape index (κ1) is 53.0. The van der Waals surface area contributed by atoms with Gasteiger partial charge in [-0.2, -0.15) is 15.1 Å². The van der Waals surface area contributed by atoms with Crippen LogP contribution in [0.3, 0.4) is 0 Å². The third-order valence-electron chi connectivity index (χ3n) is 17.0. The monoisotopic (exact) mass is 1040 g/mol. The molecule has 1 unspecified atom stereocenters. The second-order valence-electron chi connectivity index (χ2n) is 21.7. The number of methoxy groups -OCH3 is 1. The summed E-state index contributed by atoms with van der Waals surface area (Å²) in [6.07, 6.45) is 12.6. The van der Waals surface area contributed by atoms with E-state index in [1.165, 1.54) is 30.5 Å². The topological polar surface area (TPSA) is 177 Å². The SMILES string of the molecule is CCOCCCN1CCc2nc(-c3cc(O)cc4ccc(F)c(CC)c34)c(F)c3nc(OCC45CCCN4CCC5)nc1c23.COC.Cn1nc(C2CCC(=O)NC2=O)c2ccc(C3CC4(CCN(C=O)CC4)C3)cc21. The number of aromatic nitrogens is 5. The van der Waals surface area contributed by atoms with Crippen LogP contribution in [0.15, 0.2) is 42.5 Å². The molecule has 3 aromatic heterocycles. The molecule has 404 valence electrons. The number of hydrogen-bond acceptors (Lipinski definition) is 13. The highest BCUT2D eigenvalue weighted by Gasteiger charge is 2.47. The van der Waals surface area contributed by atoms with Crippen LogP contribution in [0.1, 0.15) is 119 Å². The molecule has 0 bridgehead atoms. The van der Waals surface area contributed by atoms with Crippen molar-refractivity contribution in [3.8, 4) is 23.0 Å². The number of phenolic OH excluding ortho intramolecular Hbond substituents is 1. The van der Waals surface area contributed by atoms with Crippen LogP contribution in [0.5, 0.6) is 11.8 Å². The van der Waals surface area contributed by atoms with Gasteiger partial charge >= 0.3 is 6.01 Å². The van der Waals surface area contributed by atoms with Gasteiger partial charge in [-0.15, -0.1) is 0 Å². The molecule has 5 aliphatic heterocycles. The van der Waals surface area contributed by atoms with Gasteiger partial charge in [0.1, 0.15) is 35.2 Å². The fraction of sp³-hybridized carbons (Fsp3) is 0.534. The highest BCUT2D eigenvalue weighted by Crippen LogP contribution is 2.57. The van der Waals surface area contributed by atoms with Gasteiger partial charge in [-0.1, -0.05) is 25.1 Å². The fourth-order valence-electron chi connectivity index (χ4n) is 13.1. The summed E-state index contributed by atoms with van der Waals surface area (Å²) in [6.45, 7) is 10.8. The lowest BCUT2D eigenvalue weighted by Gasteiger charge is -2.52. The Hall–Kier alpha value is -6.37. The van der Waals surface area contributed by atoms with Crippen molar-refractivity contribution in [2.75, 3.05) is 78.2 Å². The number of nitrogens with zero attached hydrogens (tertiary/aromatic N) is 8. The van der Waals surface area contributed by atoms with E-state index in [2.05, 4.69) is 48.1 Å². The summed E-state index contributed by atoms with van der Waals surface area (Å²) < 4.78 is 49.9. The Labute approximate surface area is 442 Å². The minimum absolute atomic E-state index is 0.0130. The molecule has 18 heteroatoms. The number of hydrogen-bond donors (Lipinski definition) is 2. The van der Waals surface area contributed by atoms with Crippen molar-refractivity contribution >= 4 is 56.6 Å². The van der Waals surface area contributed by atoms with E-state index in [-0.39, 0.29) is 52.1 Å². The number of amides is 3. The average Bonchev–Trinajstić information content (AvgIpc) is 4.13. The molecule has 3 amide bonds. The Morgan fingerprint density at radius 2 is 1.67 bits per heavy atom. The first-order valence-electron chi connectivity index (χ1n) is 27.3. The molecule has 8 heterocycles. The Morgan fingerprint density at radius 1 is 0.908 bits per heavy atom. The molecule has 6 aromatic rings. The predicted molar refractivity (Wildman–Crippen MR) is 287 cm³/mol. The number of aromatic hydroxyl groups is 1. The van der Waals surface area contributed by atoms with E-state index in [0.717, 1.165) is 94.1 Å². The summed E-state index contributed by atoms with van der Waals surface area (Å²) in [4.78, 5) is 55.6. The van der Waals surface area contributed by atoms with E-state index < -0.39 is 5.82 Å². The summed E-state index contributed by atoms with van der Waals surface area (Å²) in [5.41, 5.74) is 5.20. The molecule has 12 rings (SSSR count). The lowest BCUT2D eigenvalue weighted by Crippen LogP contribution is -2.45. The Balaban J connectivity index is 0.000000177. The Bertz CT molecular complexity index is 3140. The van der Waals surface area contributed by atoms with Crippen LogP contribution in [0.25, 0.3) is 43.8 Å². The maximum atomic E-state index is 16.9. The van der Waals surface area contributed by atoms with Crippen molar-refractivity contribution in [1.29, 1.82) is 0 Å². The van der Waals surface area contributed by atoms with Crippen LogP contribution in [0, 0.1) is 17.0 Å². The Kier molecular flexibility index (Phi) is 15.6. The number of phenols is 1. The number of anilines is 1. The van der Waals surface area contributed by atoms with E-state index in [0.29, 0.717) is 109 Å². The first-order valence-corrected chi connectivity index (χ1v) is 27.3. The van der Waals surface area contributed by atoms with E-state index >= 15 is 4.39 Å². The second-order valence-corrected chi connectivity index (χ2v) is 21.7. The normalized spacial score (nSPS) is 19.8. The number of imide groups is 1. The highest BCUT2D eigenvalue weighted by atomic mass is 19.1. The molecule has 1 spiro atoms.